The van der Waals surface area contributed by atoms with Gasteiger partial charge in [-0.25, -0.2) is 0 Å². The van der Waals surface area contributed by atoms with E-state index in [9.17, 15) is 9.90 Å². The largest absolute Gasteiger partial charge is 1.00 e. The van der Waals surface area contributed by atoms with Crippen LogP contribution in [0.2, 0.25) is 0 Å². The minimum absolute atomic E-state index is 0. The predicted molar refractivity (Wildman–Crippen MR) is 18.8 cm³/mol. The van der Waals surface area contributed by atoms with Gasteiger partial charge in [-0.2, -0.15) is 0 Å². The van der Waals surface area contributed by atoms with Crippen LogP contribution >= 0.6 is 15.9 Å². The normalized spacial score (nSPS) is 6.17. The molecular formula is C2H2BrO2Rb. The van der Waals surface area contributed by atoms with E-state index in [0.29, 0.717) is 0 Å². The molecule has 0 aromatic carbocycles. The van der Waals surface area contributed by atoms with Crippen LogP contribution in [0.3, 0.4) is 0 Å². The van der Waals surface area contributed by atoms with Crippen molar-refractivity contribution >= 4 is 21.9 Å². The van der Waals surface area contributed by atoms with Crippen LogP contribution in [0.25, 0.3) is 0 Å². The first-order chi connectivity index (χ1) is 2.27. The summed E-state index contributed by atoms with van der Waals surface area (Å²) in [7, 11) is 0. The van der Waals surface area contributed by atoms with Crippen LogP contribution in [0.5, 0.6) is 0 Å². The number of carbonyl (C=O) groups excluding carboxylic acids is 1. The third-order valence-corrected chi connectivity index (χ3v) is 0.567. The maximum Gasteiger partial charge on any atom is 1.00 e. The van der Waals surface area contributed by atoms with Crippen molar-refractivity contribution < 1.29 is 68.1 Å². The number of carboxylic acid groups (broad SMARTS) is 1. The Morgan fingerprint density at radius 2 is 2.00 bits per heavy atom. The van der Waals surface area contributed by atoms with Gasteiger partial charge < -0.3 is 9.90 Å². The fraction of sp³-hybridized carbons (Fsp3) is 0.500. The van der Waals surface area contributed by atoms with Gasteiger partial charge in [0.1, 0.15) is 0 Å². The summed E-state index contributed by atoms with van der Waals surface area (Å²) < 4.78 is 0. The van der Waals surface area contributed by atoms with Crippen LogP contribution in [-0.2, 0) is 4.79 Å². The summed E-state index contributed by atoms with van der Waals surface area (Å²) in [6.45, 7) is 0. The molecular weight excluding hydrogens is 221 g/mol. The summed E-state index contributed by atoms with van der Waals surface area (Å²) in [6, 6.07) is 0. The van der Waals surface area contributed by atoms with Gasteiger partial charge in [0.25, 0.3) is 0 Å². The van der Waals surface area contributed by atoms with E-state index < -0.39 is 5.97 Å². The molecule has 0 aromatic heterocycles. The van der Waals surface area contributed by atoms with Crippen LogP contribution in [0.4, 0.5) is 0 Å². The van der Waals surface area contributed by atoms with E-state index >= 15 is 0 Å². The monoisotopic (exact) mass is 222 g/mol. The molecule has 0 rings (SSSR count). The zero-order valence-corrected chi connectivity index (χ0v) is 9.90. The fourth-order valence-corrected chi connectivity index (χ4v) is 0. The topological polar surface area (TPSA) is 40.1 Å². The summed E-state index contributed by atoms with van der Waals surface area (Å²) in [5.74, 6) is -1.08. The fourth-order valence-electron chi connectivity index (χ4n) is 0. The molecule has 0 heterocycles. The van der Waals surface area contributed by atoms with Gasteiger partial charge in [-0.05, 0) is 0 Å². The Balaban J connectivity index is 0. The Labute approximate surface area is 93.2 Å². The van der Waals surface area contributed by atoms with Crippen LogP contribution < -0.4 is 63.3 Å². The van der Waals surface area contributed by atoms with Gasteiger partial charge in [-0.1, -0.05) is 15.9 Å². The van der Waals surface area contributed by atoms with Gasteiger partial charge in [0.2, 0.25) is 0 Å². The molecule has 0 aliphatic heterocycles. The maximum absolute atomic E-state index is 9.21. The van der Waals surface area contributed by atoms with Gasteiger partial charge in [-0.15, -0.1) is 0 Å². The van der Waals surface area contributed by atoms with Crippen LogP contribution in [-0.4, -0.2) is 11.3 Å². The number of alkyl halides is 1. The van der Waals surface area contributed by atoms with Gasteiger partial charge in [0.15, 0.2) is 0 Å². The summed E-state index contributed by atoms with van der Waals surface area (Å²) in [4.78, 5) is 9.21. The molecule has 0 radical (unpaired) electrons. The van der Waals surface area contributed by atoms with E-state index in [1.165, 1.54) is 0 Å². The minimum Gasteiger partial charge on any atom is -0.549 e. The van der Waals surface area contributed by atoms with E-state index in [0.717, 1.165) is 0 Å². The summed E-state index contributed by atoms with van der Waals surface area (Å²) in [5.41, 5.74) is 0. The molecule has 0 fully saturated rings. The second kappa shape index (κ2) is 6.76. The number of hydrogen-bond donors (Lipinski definition) is 0. The molecule has 6 heavy (non-hydrogen) atoms. The molecule has 0 aliphatic rings. The molecule has 4 heteroatoms. The zero-order valence-electron chi connectivity index (χ0n) is 3.40. The van der Waals surface area contributed by atoms with Crippen LogP contribution in [0, 0.1) is 0 Å². The number of rotatable bonds is 1. The van der Waals surface area contributed by atoms with E-state index in [1.807, 2.05) is 0 Å². The van der Waals surface area contributed by atoms with E-state index in [2.05, 4.69) is 15.9 Å². The zero-order chi connectivity index (χ0) is 4.28. The Hall–Kier alpha value is 1.76. The molecule has 0 N–H and O–H groups in total. The first kappa shape index (κ1) is 10.7. The molecule has 2 nitrogen and oxygen atoms in total. The molecule has 0 aliphatic carbocycles. The maximum atomic E-state index is 9.21. The van der Waals surface area contributed by atoms with Crippen molar-refractivity contribution in [2.75, 3.05) is 5.33 Å². The summed E-state index contributed by atoms with van der Waals surface area (Å²) in [6.07, 6.45) is 0. The number of hydrogen-bond acceptors (Lipinski definition) is 2. The Morgan fingerprint density at radius 1 is 1.83 bits per heavy atom. The number of carbonyl (C=O) groups is 1. The average Bonchev–Trinajstić information content (AvgIpc) is 1.38. The van der Waals surface area contributed by atoms with Gasteiger partial charge >= 0.3 is 58.2 Å². The molecule has 0 bridgehead atoms. The number of aliphatic carboxylic acids is 1. The quantitative estimate of drug-likeness (QED) is 0.427. The standard InChI is InChI=1S/C2H3BrO2.Rb/c3-1-2(4)5;/h1H2,(H,4,5);/q;+1/p-1. The Kier molecular flexibility index (Phi) is 12.0. The third-order valence-electron chi connectivity index (χ3n) is 0.109. The molecule has 0 spiro atoms. The minimum atomic E-state index is -1.08. The van der Waals surface area contributed by atoms with Gasteiger partial charge in [0, 0.05) is 5.33 Å². The predicted octanol–water partition coefficient (Wildman–Crippen LogP) is -3.86. The van der Waals surface area contributed by atoms with Crippen molar-refractivity contribution in [2.24, 2.45) is 0 Å². The molecule has 0 saturated heterocycles. The molecule has 0 unspecified atom stereocenters. The van der Waals surface area contributed by atoms with Crippen LogP contribution in [0.1, 0.15) is 0 Å². The molecule has 0 saturated carbocycles. The summed E-state index contributed by atoms with van der Waals surface area (Å²) in [5, 5.41) is 9.13. The summed E-state index contributed by atoms with van der Waals surface area (Å²) >= 11 is 2.65. The second-order valence-corrected chi connectivity index (χ2v) is 1.07. The van der Waals surface area contributed by atoms with Crippen molar-refractivity contribution in [1.82, 2.24) is 0 Å². The molecule has 0 amide bonds. The first-order valence-corrected chi connectivity index (χ1v) is 2.15. The van der Waals surface area contributed by atoms with Crippen LogP contribution in [0.15, 0.2) is 0 Å². The van der Waals surface area contributed by atoms with Crippen molar-refractivity contribution in [1.29, 1.82) is 0 Å². The van der Waals surface area contributed by atoms with Crippen molar-refractivity contribution in [3.8, 4) is 0 Å². The number of carboxylic acids is 1. The molecule has 0 aromatic rings. The van der Waals surface area contributed by atoms with Crippen molar-refractivity contribution in [2.45, 2.75) is 0 Å². The SMILES string of the molecule is O=C([O-])CBr.[Rb+]. The Bertz CT molecular complexity index is 46.8. The van der Waals surface area contributed by atoms with Gasteiger partial charge in [-0.3, -0.25) is 0 Å². The smallest absolute Gasteiger partial charge is 0.549 e. The van der Waals surface area contributed by atoms with E-state index in [4.69, 9.17) is 0 Å². The third kappa shape index (κ3) is 9.23. The molecule has 0 atom stereocenters. The van der Waals surface area contributed by atoms with Crippen molar-refractivity contribution in [3.63, 3.8) is 0 Å². The average molecular weight is 223 g/mol. The van der Waals surface area contributed by atoms with Gasteiger partial charge in [0.05, 0.1) is 5.97 Å². The van der Waals surface area contributed by atoms with E-state index in [-0.39, 0.29) is 63.5 Å². The van der Waals surface area contributed by atoms with Crippen molar-refractivity contribution in [3.05, 3.63) is 0 Å². The molecule has 30 valence electrons. The number of halogens is 1. The Morgan fingerprint density at radius 3 is 2.00 bits per heavy atom. The second-order valence-electron chi connectivity index (χ2n) is 0.506. The van der Waals surface area contributed by atoms with E-state index in [1.54, 1.807) is 0 Å². The first-order valence-electron chi connectivity index (χ1n) is 1.03.